The molecule has 1 aromatic carbocycles. The molecule has 0 aliphatic carbocycles. The zero-order valence-electron chi connectivity index (χ0n) is 11.7. The number of aromatic nitrogens is 2. The van der Waals surface area contributed by atoms with E-state index in [0.717, 1.165) is 9.36 Å². The van der Waals surface area contributed by atoms with Crippen LogP contribution in [0.25, 0.3) is 0 Å². The number of benzene rings is 1. The fraction of sp³-hybridized carbons (Fsp3) is 0.167. The highest BCUT2D eigenvalue weighted by atomic mass is 16.6. The number of nitro benzene ring substituents is 1. The average Bonchev–Trinajstić information content (AvgIpc) is 2.69. The van der Waals surface area contributed by atoms with Crippen molar-refractivity contribution in [3.05, 3.63) is 60.4 Å². The summed E-state index contributed by atoms with van der Waals surface area (Å²) in [7, 11) is 2.77. The second kappa shape index (κ2) is 5.60. The predicted octanol–water partition coefficient (Wildman–Crippen LogP) is 1.29. The minimum atomic E-state index is -0.691. The van der Waals surface area contributed by atoms with Crippen LogP contribution in [-0.4, -0.2) is 25.4 Å². The standard InChI is InChI=1S/C12H11N5O5/c1-14-11(17(21)22)10(12(18)15(14)2)13-7-8-3-5-9(6-4-8)16(19)20/h3-7H,1-2H3. The minimum absolute atomic E-state index is 0.0845. The van der Waals surface area contributed by atoms with Crippen LogP contribution in [-0.2, 0) is 14.1 Å². The third kappa shape index (κ3) is 2.61. The van der Waals surface area contributed by atoms with Crippen molar-refractivity contribution in [2.24, 2.45) is 19.1 Å². The summed E-state index contributed by atoms with van der Waals surface area (Å²) in [5.74, 6) is -0.425. The van der Waals surface area contributed by atoms with Gasteiger partial charge in [-0.15, -0.1) is 0 Å². The quantitative estimate of drug-likeness (QED) is 0.478. The molecule has 0 unspecified atom stereocenters. The van der Waals surface area contributed by atoms with Gasteiger partial charge in [-0.2, -0.15) is 9.36 Å². The SMILES string of the molecule is Cn1c([N+](=O)[O-])c(N=Cc2ccc([N+](=O)[O-])cc2)c(=O)n1C. The van der Waals surface area contributed by atoms with Crippen molar-refractivity contribution in [3.8, 4) is 0 Å². The van der Waals surface area contributed by atoms with E-state index in [1.165, 1.54) is 44.6 Å². The van der Waals surface area contributed by atoms with Crippen LogP contribution in [0.4, 0.5) is 17.2 Å². The smallest absolute Gasteiger partial charge is 0.358 e. The maximum Gasteiger partial charge on any atom is 0.373 e. The van der Waals surface area contributed by atoms with Crippen LogP contribution in [0.2, 0.25) is 0 Å². The highest BCUT2D eigenvalue weighted by Gasteiger charge is 2.25. The fourth-order valence-corrected chi connectivity index (χ4v) is 1.82. The second-order valence-electron chi connectivity index (χ2n) is 4.39. The van der Waals surface area contributed by atoms with Crippen LogP contribution in [0.1, 0.15) is 5.56 Å². The van der Waals surface area contributed by atoms with Crippen molar-refractivity contribution in [2.45, 2.75) is 0 Å². The van der Waals surface area contributed by atoms with Crippen molar-refractivity contribution in [3.63, 3.8) is 0 Å². The summed E-state index contributed by atoms with van der Waals surface area (Å²) in [5, 5.41) is 21.6. The molecule has 0 amide bonds. The minimum Gasteiger partial charge on any atom is -0.358 e. The summed E-state index contributed by atoms with van der Waals surface area (Å²) in [6.45, 7) is 0. The van der Waals surface area contributed by atoms with E-state index in [1.54, 1.807) is 0 Å². The van der Waals surface area contributed by atoms with Gasteiger partial charge in [0, 0.05) is 18.3 Å². The van der Waals surface area contributed by atoms with Gasteiger partial charge >= 0.3 is 11.4 Å². The molecular formula is C12H11N5O5. The first-order chi connectivity index (χ1) is 10.3. The van der Waals surface area contributed by atoms with E-state index in [9.17, 15) is 25.0 Å². The maximum atomic E-state index is 11.9. The Hall–Kier alpha value is -3.30. The number of aliphatic imine (C=N–C) groups is 1. The Kier molecular flexibility index (Phi) is 3.84. The van der Waals surface area contributed by atoms with Gasteiger partial charge in [-0.3, -0.25) is 14.9 Å². The van der Waals surface area contributed by atoms with Crippen LogP contribution in [0.5, 0.6) is 0 Å². The Morgan fingerprint density at radius 3 is 2.14 bits per heavy atom. The molecule has 1 heterocycles. The van der Waals surface area contributed by atoms with Gasteiger partial charge < -0.3 is 10.1 Å². The van der Waals surface area contributed by atoms with Crippen molar-refractivity contribution in [2.75, 3.05) is 0 Å². The molecule has 0 fully saturated rings. The average molecular weight is 305 g/mol. The number of rotatable bonds is 4. The second-order valence-corrected chi connectivity index (χ2v) is 4.39. The Bertz CT molecular complexity index is 831. The van der Waals surface area contributed by atoms with Crippen molar-refractivity contribution >= 4 is 23.4 Å². The molecule has 0 spiro atoms. The third-order valence-electron chi connectivity index (χ3n) is 3.08. The summed E-state index contributed by atoms with van der Waals surface area (Å²) >= 11 is 0. The van der Waals surface area contributed by atoms with Crippen LogP contribution < -0.4 is 5.56 Å². The highest BCUT2D eigenvalue weighted by Crippen LogP contribution is 2.22. The van der Waals surface area contributed by atoms with Crippen LogP contribution in [0.3, 0.4) is 0 Å². The molecule has 10 heteroatoms. The van der Waals surface area contributed by atoms with Crippen molar-refractivity contribution in [1.82, 2.24) is 9.36 Å². The summed E-state index contributed by atoms with van der Waals surface area (Å²) in [4.78, 5) is 36.1. The number of nitrogens with zero attached hydrogens (tertiary/aromatic N) is 5. The lowest BCUT2D eigenvalue weighted by atomic mass is 10.2. The third-order valence-corrected chi connectivity index (χ3v) is 3.08. The first-order valence-electron chi connectivity index (χ1n) is 6.02. The van der Waals surface area contributed by atoms with Crippen LogP contribution in [0, 0.1) is 20.2 Å². The summed E-state index contributed by atoms with van der Waals surface area (Å²) < 4.78 is 2.16. The predicted molar refractivity (Wildman–Crippen MR) is 77.7 cm³/mol. The Morgan fingerprint density at radius 2 is 1.64 bits per heavy atom. The number of nitro groups is 2. The van der Waals surface area contributed by atoms with Gasteiger partial charge in [0.15, 0.2) is 0 Å². The summed E-state index contributed by atoms with van der Waals surface area (Å²) in [6, 6.07) is 5.42. The largest absolute Gasteiger partial charge is 0.373 e. The summed E-state index contributed by atoms with van der Waals surface area (Å²) in [6.07, 6.45) is 1.24. The first-order valence-corrected chi connectivity index (χ1v) is 6.02. The topological polar surface area (TPSA) is 126 Å². The lowest BCUT2D eigenvalue weighted by Crippen LogP contribution is -2.17. The Balaban J connectivity index is 2.42. The maximum absolute atomic E-state index is 11.9. The number of hydrogen-bond donors (Lipinski definition) is 0. The lowest BCUT2D eigenvalue weighted by Gasteiger charge is -1.96. The lowest BCUT2D eigenvalue weighted by molar-refractivity contribution is -0.391. The van der Waals surface area contributed by atoms with Gasteiger partial charge in [0.1, 0.15) is 7.05 Å². The summed E-state index contributed by atoms with van der Waals surface area (Å²) in [5.41, 5.74) is -0.509. The first kappa shape index (κ1) is 15.1. The molecule has 2 rings (SSSR count). The fourth-order valence-electron chi connectivity index (χ4n) is 1.82. The number of non-ortho nitro benzene ring substituents is 1. The van der Waals surface area contributed by atoms with Gasteiger partial charge in [0.2, 0.25) is 5.69 Å². The van der Waals surface area contributed by atoms with E-state index in [4.69, 9.17) is 0 Å². The highest BCUT2D eigenvalue weighted by molar-refractivity contribution is 5.83. The van der Waals surface area contributed by atoms with Crippen molar-refractivity contribution < 1.29 is 9.85 Å². The van der Waals surface area contributed by atoms with E-state index in [2.05, 4.69) is 4.99 Å². The molecular weight excluding hydrogens is 294 g/mol. The van der Waals surface area contributed by atoms with E-state index < -0.39 is 21.2 Å². The molecule has 1 aromatic heterocycles. The molecule has 0 aliphatic heterocycles. The van der Waals surface area contributed by atoms with E-state index >= 15 is 0 Å². The molecule has 10 nitrogen and oxygen atoms in total. The molecule has 2 aromatic rings. The normalized spacial score (nSPS) is 11.0. The zero-order chi connectivity index (χ0) is 16.4. The molecule has 0 saturated carbocycles. The van der Waals surface area contributed by atoms with E-state index in [1.807, 2.05) is 0 Å². The Morgan fingerprint density at radius 1 is 1.05 bits per heavy atom. The molecule has 0 saturated heterocycles. The van der Waals surface area contributed by atoms with E-state index in [-0.39, 0.29) is 11.4 Å². The van der Waals surface area contributed by atoms with Gasteiger partial charge in [-0.25, -0.2) is 4.99 Å². The van der Waals surface area contributed by atoms with Gasteiger partial charge in [-0.05, 0) is 22.6 Å². The molecule has 0 bridgehead atoms. The van der Waals surface area contributed by atoms with Gasteiger partial charge in [0.05, 0.1) is 12.0 Å². The molecule has 0 N–H and O–H groups in total. The van der Waals surface area contributed by atoms with Crippen LogP contribution >= 0.6 is 0 Å². The monoisotopic (exact) mass is 305 g/mol. The van der Waals surface area contributed by atoms with Gasteiger partial charge in [0.25, 0.3) is 5.69 Å². The molecule has 0 aliphatic rings. The van der Waals surface area contributed by atoms with E-state index in [0.29, 0.717) is 5.56 Å². The zero-order valence-corrected chi connectivity index (χ0v) is 11.7. The molecule has 114 valence electrons. The van der Waals surface area contributed by atoms with Crippen LogP contribution in [0.15, 0.2) is 34.1 Å². The number of hydrogen-bond acceptors (Lipinski definition) is 6. The van der Waals surface area contributed by atoms with Crippen molar-refractivity contribution in [1.29, 1.82) is 0 Å². The molecule has 0 atom stereocenters. The Labute approximate surface area is 123 Å². The van der Waals surface area contributed by atoms with Gasteiger partial charge in [-0.1, -0.05) is 0 Å². The molecule has 0 radical (unpaired) electrons. The molecule has 22 heavy (non-hydrogen) atoms.